The van der Waals surface area contributed by atoms with Crippen LogP contribution in [0.15, 0.2) is 18.5 Å². The standard InChI is InChI=1S/C15H20N2O2/c1-4-6-11-8-13-14(9-12(11)7-5-2)17(10-16-13)15(18)19-3/h8-10H,4-7H2,1-3H3. The molecular weight excluding hydrogens is 240 g/mol. The Labute approximate surface area is 113 Å². The minimum Gasteiger partial charge on any atom is -0.452 e. The van der Waals surface area contributed by atoms with Gasteiger partial charge in [-0.15, -0.1) is 0 Å². The number of nitrogens with zero attached hydrogens (tertiary/aromatic N) is 2. The van der Waals surface area contributed by atoms with Crippen molar-refractivity contribution in [1.29, 1.82) is 0 Å². The fraction of sp³-hybridized carbons (Fsp3) is 0.467. The molecule has 1 heterocycles. The summed E-state index contributed by atoms with van der Waals surface area (Å²) in [5.74, 6) is 0. The van der Waals surface area contributed by atoms with Crippen LogP contribution in [0, 0.1) is 0 Å². The molecule has 19 heavy (non-hydrogen) atoms. The SMILES string of the molecule is CCCc1cc2ncn(C(=O)OC)c2cc1CCC. The Kier molecular flexibility index (Phi) is 4.20. The molecule has 0 radical (unpaired) electrons. The molecule has 0 aliphatic rings. The quantitative estimate of drug-likeness (QED) is 0.844. The first-order chi connectivity index (χ1) is 9.21. The average molecular weight is 260 g/mol. The van der Waals surface area contributed by atoms with Gasteiger partial charge in [0.1, 0.15) is 6.33 Å². The van der Waals surface area contributed by atoms with Gasteiger partial charge in [-0.2, -0.15) is 0 Å². The van der Waals surface area contributed by atoms with Crippen molar-refractivity contribution >= 4 is 17.1 Å². The molecule has 0 amide bonds. The molecule has 0 N–H and O–H groups in total. The van der Waals surface area contributed by atoms with E-state index in [0.29, 0.717) is 0 Å². The van der Waals surface area contributed by atoms with Crippen molar-refractivity contribution in [1.82, 2.24) is 9.55 Å². The molecule has 0 saturated heterocycles. The smallest absolute Gasteiger partial charge is 0.419 e. The fourth-order valence-corrected chi connectivity index (χ4v) is 2.39. The van der Waals surface area contributed by atoms with Crippen molar-refractivity contribution in [2.45, 2.75) is 39.5 Å². The third kappa shape index (κ3) is 2.62. The molecule has 0 saturated carbocycles. The second-order valence-electron chi connectivity index (χ2n) is 4.69. The van der Waals surface area contributed by atoms with Gasteiger partial charge in [0.2, 0.25) is 0 Å². The summed E-state index contributed by atoms with van der Waals surface area (Å²) < 4.78 is 6.23. The summed E-state index contributed by atoms with van der Waals surface area (Å²) in [5, 5.41) is 0. The van der Waals surface area contributed by atoms with Crippen LogP contribution in [0.4, 0.5) is 4.79 Å². The van der Waals surface area contributed by atoms with Crippen molar-refractivity contribution < 1.29 is 9.53 Å². The maximum Gasteiger partial charge on any atom is 0.419 e. The van der Waals surface area contributed by atoms with Gasteiger partial charge in [0.05, 0.1) is 18.1 Å². The van der Waals surface area contributed by atoms with Gasteiger partial charge in [0.25, 0.3) is 0 Å². The molecule has 1 aromatic carbocycles. The zero-order valence-electron chi connectivity index (χ0n) is 11.8. The lowest BCUT2D eigenvalue weighted by molar-refractivity contribution is 0.174. The summed E-state index contributed by atoms with van der Waals surface area (Å²) in [6, 6.07) is 4.18. The number of methoxy groups -OCH3 is 1. The maximum atomic E-state index is 11.7. The van der Waals surface area contributed by atoms with Crippen LogP contribution in [0.2, 0.25) is 0 Å². The van der Waals surface area contributed by atoms with Crippen LogP contribution in [0.25, 0.3) is 11.0 Å². The molecule has 0 unspecified atom stereocenters. The Balaban J connectivity index is 2.55. The molecule has 0 aliphatic carbocycles. The number of carbonyl (C=O) groups is 1. The molecule has 4 nitrogen and oxygen atoms in total. The Morgan fingerprint density at radius 2 is 1.84 bits per heavy atom. The van der Waals surface area contributed by atoms with Gasteiger partial charge in [-0.1, -0.05) is 26.7 Å². The van der Waals surface area contributed by atoms with E-state index in [4.69, 9.17) is 4.74 Å². The summed E-state index contributed by atoms with van der Waals surface area (Å²) in [7, 11) is 1.38. The number of aromatic nitrogens is 2. The number of rotatable bonds is 4. The third-order valence-corrected chi connectivity index (χ3v) is 3.28. The predicted octanol–water partition coefficient (Wildman–Crippen LogP) is 3.56. The molecule has 1 aromatic heterocycles. The molecule has 0 aliphatic heterocycles. The molecule has 4 heteroatoms. The molecule has 0 bridgehead atoms. The van der Waals surface area contributed by atoms with E-state index in [2.05, 4.69) is 31.0 Å². The number of aryl methyl sites for hydroxylation is 2. The van der Waals surface area contributed by atoms with Crippen LogP contribution in [-0.4, -0.2) is 22.8 Å². The first-order valence-electron chi connectivity index (χ1n) is 6.78. The number of ether oxygens (including phenoxy) is 1. The lowest BCUT2D eigenvalue weighted by Gasteiger charge is -2.09. The second-order valence-corrected chi connectivity index (χ2v) is 4.69. The number of hydrogen-bond donors (Lipinski definition) is 0. The van der Waals surface area contributed by atoms with E-state index in [1.807, 2.05) is 0 Å². The summed E-state index contributed by atoms with van der Waals surface area (Å²) in [5.41, 5.74) is 4.33. The van der Waals surface area contributed by atoms with E-state index < -0.39 is 6.09 Å². The van der Waals surface area contributed by atoms with Gasteiger partial charge in [-0.3, -0.25) is 0 Å². The van der Waals surface area contributed by atoms with Crippen molar-refractivity contribution in [3.8, 4) is 0 Å². The predicted molar refractivity (Wildman–Crippen MR) is 75.5 cm³/mol. The van der Waals surface area contributed by atoms with E-state index in [9.17, 15) is 4.79 Å². The Morgan fingerprint density at radius 3 is 2.42 bits per heavy atom. The number of carbonyl (C=O) groups excluding carboxylic acids is 1. The molecule has 102 valence electrons. The minimum absolute atomic E-state index is 0.395. The highest BCUT2D eigenvalue weighted by molar-refractivity contribution is 5.87. The van der Waals surface area contributed by atoms with Crippen LogP contribution in [0.3, 0.4) is 0 Å². The van der Waals surface area contributed by atoms with Crippen LogP contribution in [0.1, 0.15) is 37.8 Å². The summed E-state index contributed by atoms with van der Waals surface area (Å²) in [6.45, 7) is 4.34. The molecule has 0 atom stereocenters. The highest BCUT2D eigenvalue weighted by Crippen LogP contribution is 2.22. The van der Waals surface area contributed by atoms with Gasteiger partial charge in [0, 0.05) is 0 Å². The number of imidazole rings is 1. The molecule has 0 spiro atoms. The molecule has 0 fully saturated rings. The number of hydrogen-bond acceptors (Lipinski definition) is 3. The van der Waals surface area contributed by atoms with E-state index in [-0.39, 0.29) is 0 Å². The van der Waals surface area contributed by atoms with Gasteiger partial charge < -0.3 is 4.74 Å². The van der Waals surface area contributed by atoms with Crippen molar-refractivity contribution in [3.63, 3.8) is 0 Å². The van der Waals surface area contributed by atoms with Crippen LogP contribution >= 0.6 is 0 Å². The summed E-state index contributed by atoms with van der Waals surface area (Å²) in [4.78, 5) is 16.0. The zero-order chi connectivity index (χ0) is 13.8. The number of benzene rings is 1. The van der Waals surface area contributed by atoms with E-state index in [1.165, 1.54) is 29.1 Å². The minimum atomic E-state index is -0.395. The topological polar surface area (TPSA) is 44.1 Å². The highest BCUT2D eigenvalue weighted by Gasteiger charge is 2.13. The average Bonchev–Trinajstić information content (AvgIpc) is 2.81. The monoisotopic (exact) mass is 260 g/mol. The molecule has 2 rings (SSSR count). The molecule has 2 aromatic rings. The first-order valence-corrected chi connectivity index (χ1v) is 6.78. The summed E-state index contributed by atoms with van der Waals surface area (Å²) in [6.07, 6.45) is 5.41. The Bertz CT molecular complexity index is 587. The molecular formula is C15H20N2O2. The lowest BCUT2D eigenvalue weighted by atomic mass is 9.99. The van der Waals surface area contributed by atoms with Crippen molar-refractivity contribution in [2.24, 2.45) is 0 Å². The first kappa shape index (κ1) is 13.6. The Hall–Kier alpha value is -1.84. The normalized spacial score (nSPS) is 10.9. The van der Waals surface area contributed by atoms with Crippen LogP contribution in [0.5, 0.6) is 0 Å². The van der Waals surface area contributed by atoms with Gasteiger partial charge in [0.15, 0.2) is 0 Å². The Morgan fingerprint density at radius 1 is 1.21 bits per heavy atom. The van der Waals surface area contributed by atoms with E-state index in [1.54, 1.807) is 0 Å². The fourth-order valence-electron chi connectivity index (χ4n) is 2.39. The van der Waals surface area contributed by atoms with Crippen LogP contribution in [-0.2, 0) is 17.6 Å². The lowest BCUT2D eigenvalue weighted by Crippen LogP contribution is -2.10. The highest BCUT2D eigenvalue weighted by atomic mass is 16.5. The van der Waals surface area contributed by atoms with E-state index in [0.717, 1.165) is 36.7 Å². The van der Waals surface area contributed by atoms with E-state index >= 15 is 0 Å². The van der Waals surface area contributed by atoms with Gasteiger partial charge in [-0.05, 0) is 36.1 Å². The third-order valence-electron chi connectivity index (χ3n) is 3.28. The number of fused-ring (bicyclic) bond motifs is 1. The van der Waals surface area contributed by atoms with Crippen LogP contribution < -0.4 is 0 Å². The van der Waals surface area contributed by atoms with Gasteiger partial charge in [-0.25, -0.2) is 14.3 Å². The maximum absolute atomic E-state index is 11.7. The summed E-state index contributed by atoms with van der Waals surface area (Å²) >= 11 is 0. The van der Waals surface area contributed by atoms with Crippen molar-refractivity contribution in [2.75, 3.05) is 7.11 Å². The zero-order valence-corrected chi connectivity index (χ0v) is 11.8. The second kappa shape index (κ2) is 5.87. The van der Waals surface area contributed by atoms with Crippen molar-refractivity contribution in [3.05, 3.63) is 29.6 Å². The largest absolute Gasteiger partial charge is 0.452 e. The van der Waals surface area contributed by atoms with Gasteiger partial charge >= 0.3 is 6.09 Å².